The van der Waals surface area contributed by atoms with E-state index in [9.17, 15) is 9.59 Å². The summed E-state index contributed by atoms with van der Waals surface area (Å²) in [5.74, 6) is 5.68. The predicted octanol–water partition coefficient (Wildman–Crippen LogP) is 1.87. The van der Waals surface area contributed by atoms with E-state index in [1.54, 1.807) is 4.57 Å². The molecule has 2 N–H and O–H groups in total. The zero-order valence-electron chi connectivity index (χ0n) is 18.6. The highest BCUT2D eigenvalue weighted by Gasteiger charge is 2.54. The smallest absolute Gasteiger partial charge is 0.350 e. The van der Waals surface area contributed by atoms with Gasteiger partial charge in [0.25, 0.3) is 5.56 Å². The lowest BCUT2D eigenvalue weighted by atomic mass is 9.95. The average molecular weight is 441 g/mol. The maximum absolute atomic E-state index is 15.4. The van der Waals surface area contributed by atoms with Crippen LogP contribution in [0.3, 0.4) is 0 Å². The summed E-state index contributed by atoms with van der Waals surface area (Å²) in [7, 11) is 2.09. The number of benzene rings is 1. The molecule has 3 aliphatic rings. The van der Waals surface area contributed by atoms with E-state index in [1.807, 2.05) is 6.92 Å². The van der Waals surface area contributed by atoms with Crippen molar-refractivity contribution in [3.63, 3.8) is 0 Å². The molecule has 1 aliphatic heterocycles. The number of hydrogen-bond acceptors (Lipinski definition) is 5. The number of nitrogen functional groups attached to an aromatic ring is 1. The highest BCUT2D eigenvalue weighted by Crippen LogP contribution is 2.51. The van der Waals surface area contributed by atoms with Crippen molar-refractivity contribution in [2.45, 2.75) is 50.6 Å². The highest BCUT2D eigenvalue weighted by atomic mass is 19.1. The van der Waals surface area contributed by atoms with Crippen molar-refractivity contribution in [2.24, 2.45) is 5.92 Å². The fourth-order valence-corrected chi connectivity index (χ4v) is 5.77. The SMILES string of the molecule is [C-]#[N+]CCN(C)C1(C2CCN(c3c(F)cc4c(=O)n(N)c(=O)n(C5CC5)c4c3C)C2)CC1. The lowest BCUT2D eigenvalue weighted by Gasteiger charge is -2.32. The average Bonchev–Trinajstić information content (AvgIpc) is 3.70. The number of hydrogen-bond donors (Lipinski definition) is 1. The first-order valence-corrected chi connectivity index (χ1v) is 11.3. The molecule has 1 unspecified atom stereocenters. The number of halogens is 1. The van der Waals surface area contributed by atoms with Gasteiger partial charge in [-0.1, -0.05) is 0 Å². The molecule has 170 valence electrons. The highest BCUT2D eigenvalue weighted by molar-refractivity contribution is 5.87. The molecule has 0 spiro atoms. The molecule has 8 nitrogen and oxygen atoms in total. The number of aromatic nitrogens is 2. The number of aryl methyl sites for hydroxylation is 1. The van der Waals surface area contributed by atoms with Crippen LogP contribution in [0.5, 0.6) is 0 Å². The Balaban J connectivity index is 1.54. The lowest BCUT2D eigenvalue weighted by Crippen LogP contribution is -2.45. The molecule has 2 saturated carbocycles. The quantitative estimate of drug-likeness (QED) is 0.548. The summed E-state index contributed by atoms with van der Waals surface area (Å²) in [6, 6.07) is 1.26. The Morgan fingerprint density at radius 2 is 2.03 bits per heavy atom. The summed E-state index contributed by atoms with van der Waals surface area (Å²) in [5.41, 5.74) is 0.538. The van der Waals surface area contributed by atoms with Crippen LogP contribution < -0.4 is 22.0 Å². The van der Waals surface area contributed by atoms with Crippen LogP contribution in [0.2, 0.25) is 0 Å². The van der Waals surface area contributed by atoms with E-state index < -0.39 is 17.1 Å². The van der Waals surface area contributed by atoms with Gasteiger partial charge >= 0.3 is 5.69 Å². The van der Waals surface area contributed by atoms with Gasteiger partial charge in [0, 0.05) is 30.2 Å². The van der Waals surface area contributed by atoms with Gasteiger partial charge in [-0.15, -0.1) is 0 Å². The van der Waals surface area contributed by atoms with Gasteiger partial charge in [-0.05, 0) is 58.1 Å². The van der Waals surface area contributed by atoms with Gasteiger partial charge < -0.3 is 15.6 Å². The molecular formula is C23H29FN6O2. The van der Waals surface area contributed by atoms with Crippen molar-refractivity contribution in [3.8, 4) is 0 Å². The standard InChI is InChI=1S/C23H29FN6O2/c1-14-19-17(21(31)30(25)22(32)29(19)16-4-5-16)12-18(24)20(14)28-10-6-15(13-28)23(7-8-23)27(3)11-9-26-2/h12,15-16H,4-11,13,25H2,1,3H3. The van der Waals surface area contributed by atoms with Gasteiger partial charge in [0.1, 0.15) is 5.82 Å². The fraction of sp³-hybridized carbons (Fsp3) is 0.609. The van der Waals surface area contributed by atoms with Crippen LogP contribution in [0.4, 0.5) is 10.1 Å². The van der Waals surface area contributed by atoms with Crippen LogP contribution in [-0.2, 0) is 0 Å². The second-order valence-electron chi connectivity index (χ2n) is 9.63. The first kappa shape index (κ1) is 21.0. The number of nitrogens with zero attached hydrogens (tertiary/aromatic N) is 5. The number of likely N-dealkylation sites (N-methyl/N-ethyl adjacent to an activating group) is 1. The third kappa shape index (κ3) is 3.04. The maximum Gasteiger partial charge on any atom is 0.350 e. The molecule has 1 atom stereocenters. The van der Waals surface area contributed by atoms with Crippen molar-refractivity contribution in [2.75, 3.05) is 44.0 Å². The molecule has 5 rings (SSSR count). The number of rotatable bonds is 6. The molecule has 9 heteroatoms. The van der Waals surface area contributed by atoms with Gasteiger partial charge in [0.05, 0.1) is 23.1 Å². The Bertz CT molecular complexity index is 1250. The van der Waals surface area contributed by atoms with Gasteiger partial charge in [-0.3, -0.25) is 14.3 Å². The van der Waals surface area contributed by atoms with Crippen LogP contribution in [0.1, 0.15) is 43.7 Å². The Hall–Kier alpha value is -2.86. The summed E-state index contributed by atoms with van der Waals surface area (Å²) >= 11 is 0. The normalized spacial score (nSPS) is 22.0. The summed E-state index contributed by atoms with van der Waals surface area (Å²) in [4.78, 5) is 33.3. The zero-order chi connectivity index (χ0) is 22.8. The van der Waals surface area contributed by atoms with Gasteiger partial charge in [0.15, 0.2) is 0 Å². The zero-order valence-corrected chi connectivity index (χ0v) is 18.6. The fourth-order valence-electron chi connectivity index (χ4n) is 5.77. The second kappa shape index (κ2) is 7.34. The minimum Gasteiger partial charge on any atom is -0.369 e. The van der Waals surface area contributed by atoms with Crippen molar-refractivity contribution < 1.29 is 4.39 Å². The third-order valence-corrected chi connectivity index (χ3v) is 7.81. The van der Waals surface area contributed by atoms with E-state index in [0.29, 0.717) is 33.9 Å². The summed E-state index contributed by atoms with van der Waals surface area (Å²) in [5, 5.41) is 0.158. The Morgan fingerprint density at radius 1 is 1.31 bits per heavy atom. The minimum absolute atomic E-state index is 0.00886. The van der Waals surface area contributed by atoms with Gasteiger partial charge in [0.2, 0.25) is 6.54 Å². The summed E-state index contributed by atoms with van der Waals surface area (Å²) < 4.78 is 17.6. The van der Waals surface area contributed by atoms with Gasteiger partial charge in [-0.25, -0.2) is 15.8 Å². The first-order chi connectivity index (χ1) is 15.3. The molecule has 1 saturated heterocycles. The Morgan fingerprint density at radius 3 is 2.66 bits per heavy atom. The van der Waals surface area contributed by atoms with Crippen LogP contribution in [0.15, 0.2) is 15.7 Å². The molecule has 3 fully saturated rings. The molecule has 2 aliphatic carbocycles. The molecule has 0 radical (unpaired) electrons. The van der Waals surface area contributed by atoms with Crippen LogP contribution in [0, 0.1) is 25.2 Å². The van der Waals surface area contributed by atoms with Gasteiger partial charge in [-0.2, -0.15) is 4.68 Å². The molecule has 1 aromatic heterocycles. The van der Waals surface area contributed by atoms with Crippen molar-refractivity contribution in [3.05, 3.63) is 49.7 Å². The molecule has 0 amide bonds. The molecule has 2 heterocycles. The van der Waals surface area contributed by atoms with Crippen molar-refractivity contribution in [1.82, 2.24) is 14.1 Å². The number of nitrogens with two attached hydrogens (primary N) is 1. The van der Waals surface area contributed by atoms with E-state index in [0.717, 1.165) is 51.7 Å². The van der Waals surface area contributed by atoms with Crippen molar-refractivity contribution in [1.29, 1.82) is 0 Å². The topological polar surface area (TPSA) is 80.9 Å². The van der Waals surface area contributed by atoms with E-state index in [-0.39, 0.29) is 17.0 Å². The minimum atomic E-state index is -0.659. The molecule has 32 heavy (non-hydrogen) atoms. The van der Waals surface area contributed by atoms with Crippen LogP contribution >= 0.6 is 0 Å². The maximum atomic E-state index is 15.4. The van der Waals surface area contributed by atoms with Crippen LogP contribution in [-0.4, -0.2) is 52.9 Å². The van der Waals surface area contributed by atoms with E-state index in [1.165, 1.54) is 6.07 Å². The predicted molar refractivity (Wildman–Crippen MR) is 122 cm³/mol. The summed E-state index contributed by atoms with van der Waals surface area (Å²) in [6.07, 6.45) is 4.88. The Kier molecular flexibility index (Phi) is 4.82. The number of fused-ring (bicyclic) bond motifs is 1. The van der Waals surface area contributed by atoms with Crippen LogP contribution in [0.25, 0.3) is 15.7 Å². The van der Waals surface area contributed by atoms with Crippen molar-refractivity contribution >= 4 is 16.6 Å². The molecular weight excluding hydrogens is 411 g/mol. The van der Waals surface area contributed by atoms with E-state index >= 15 is 4.39 Å². The lowest BCUT2D eigenvalue weighted by molar-refractivity contribution is 0.168. The van der Waals surface area contributed by atoms with E-state index in [2.05, 4.69) is 21.7 Å². The van der Waals surface area contributed by atoms with E-state index in [4.69, 9.17) is 12.4 Å². The Labute approximate surface area is 185 Å². The molecule has 2 aromatic rings. The first-order valence-electron chi connectivity index (χ1n) is 11.3. The largest absolute Gasteiger partial charge is 0.369 e. The molecule has 0 bridgehead atoms. The summed E-state index contributed by atoms with van der Waals surface area (Å²) in [6.45, 7) is 11.6. The third-order valence-electron chi connectivity index (χ3n) is 7.81. The molecule has 1 aromatic carbocycles. The monoisotopic (exact) mass is 440 g/mol. The second-order valence-corrected chi connectivity index (χ2v) is 9.63. The number of anilines is 1.